The average Bonchev–Trinajstić information content (AvgIpc) is 3.26. The third kappa shape index (κ3) is 3.52. The number of aromatic amines is 1. The Hall–Kier alpha value is -3.26. The van der Waals surface area contributed by atoms with Crippen molar-refractivity contribution in [3.63, 3.8) is 0 Å². The molecule has 8 heteroatoms. The monoisotopic (exact) mass is 380 g/mol. The van der Waals surface area contributed by atoms with Gasteiger partial charge in [0, 0.05) is 0 Å². The van der Waals surface area contributed by atoms with Crippen LogP contribution in [0.2, 0.25) is 0 Å². The first-order valence-electron chi connectivity index (χ1n) is 8.32. The topological polar surface area (TPSA) is 97.0 Å². The first-order chi connectivity index (χ1) is 13.0. The van der Waals surface area contributed by atoms with Crippen molar-refractivity contribution in [2.45, 2.75) is 20.0 Å². The highest BCUT2D eigenvalue weighted by Crippen LogP contribution is 2.26. The molecule has 27 heavy (non-hydrogen) atoms. The molecule has 2 heterocycles. The van der Waals surface area contributed by atoms with Crippen molar-refractivity contribution in [1.29, 1.82) is 0 Å². The summed E-state index contributed by atoms with van der Waals surface area (Å²) in [5.41, 5.74) is 3.77. The molecule has 4 aromatic rings. The zero-order chi connectivity index (χ0) is 19.0. The van der Waals surface area contributed by atoms with Crippen molar-refractivity contribution < 1.29 is 14.3 Å². The van der Waals surface area contributed by atoms with E-state index in [2.05, 4.69) is 20.3 Å². The summed E-state index contributed by atoms with van der Waals surface area (Å²) < 4.78 is 6.27. The van der Waals surface area contributed by atoms with E-state index in [9.17, 15) is 9.59 Å². The number of thiazole rings is 1. The van der Waals surface area contributed by atoms with Crippen molar-refractivity contribution >= 4 is 49.6 Å². The maximum absolute atomic E-state index is 12.4. The van der Waals surface area contributed by atoms with Crippen molar-refractivity contribution in [1.82, 2.24) is 15.0 Å². The number of H-pyrrole nitrogens is 1. The van der Waals surface area contributed by atoms with Crippen LogP contribution in [0, 0.1) is 6.92 Å². The minimum atomic E-state index is -0.955. The number of rotatable bonds is 4. The standard InChI is InChI=1S/C19H16N4O3S/c1-10-3-5-14-16(7-10)27-19(22-14)23-17(24)11(2)26-18(25)12-4-6-13-15(8-12)21-9-20-13/h3-9,11H,1-2H3,(H,20,21)(H,22,23,24). The Balaban J connectivity index is 1.43. The number of aryl methyl sites for hydroxylation is 1. The fourth-order valence-electron chi connectivity index (χ4n) is 2.64. The minimum absolute atomic E-state index is 0.349. The number of esters is 1. The lowest BCUT2D eigenvalue weighted by molar-refractivity contribution is -0.123. The summed E-state index contributed by atoms with van der Waals surface area (Å²) in [5.74, 6) is -1.00. The van der Waals surface area contributed by atoms with E-state index in [0.29, 0.717) is 10.7 Å². The number of aromatic nitrogens is 3. The van der Waals surface area contributed by atoms with Crippen LogP contribution in [-0.4, -0.2) is 32.9 Å². The summed E-state index contributed by atoms with van der Waals surface area (Å²) in [6.07, 6.45) is 0.596. The van der Waals surface area contributed by atoms with Crippen LogP contribution in [0.15, 0.2) is 42.7 Å². The SMILES string of the molecule is Cc1ccc2nc(NC(=O)C(C)OC(=O)c3ccc4nc[nH]c4c3)sc2c1. The highest BCUT2D eigenvalue weighted by molar-refractivity contribution is 7.22. The molecule has 136 valence electrons. The maximum atomic E-state index is 12.4. The first-order valence-corrected chi connectivity index (χ1v) is 9.13. The number of hydrogen-bond acceptors (Lipinski definition) is 6. The van der Waals surface area contributed by atoms with Crippen LogP contribution in [-0.2, 0) is 9.53 Å². The van der Waals surface area contributed by atoms with E-state index >= 15 is 0 Å². The van der Waals surface area contributed by atoms with Gasteiger partial charge in [0.05, 0.1) is 33.1 Å². The van der Waals surface area contributed by atoms with Crippen LogP contribution < -0.4 is 5.32 Å². The Morgan fingerprint density at radius 2 is 2.00 bits per heavy atom. The van der Waals surface area contributed by atoms with Gasteiger partial charge in [0.25, 0.3) is 5.91 Å². The van der Waals surface area contributed by atoms with Gasteiger partial charge < -0.3 is 9.72 Å². The van der Waals surface area contributed by atoms with E-state index in [0.717, 1.165) is 26.8 Å². The molecule has 0 aliphatic rings. The molecule has 1 amide bonds. The zero-order valence-electron chi connectivity index (χ0n) is 14.6. The number of ether oxygens (including phenoxy) is 1. The number of anilines is 1. The molecular formula is C19H16N4O3S. The van der Waals surface area contributed by atoms with Crippen LogP contribution in [0.1, 0.15) is 22.8 Å². The first kappa shape index (κ1) is 17.2. The molecule has 1 atom stereocenters. The molecule has 2 aromatic heterocycles. The molecule has 1 unspecified atom stereocenters. The highest BCUT2D eigenvalue weighted by Gasteiger charge is 2.20. The van der Waals surface area contributed by atoms with E-state index in [1.807, 2.05) is 25.1 Å². The molecule has 0 bridgehead atoms. The summed E-state index contributed by atoms with van der Waals surface area (Å²) in [6.45, 7) is 3.53. The van der Waals surface area contributed by atoms with E-state index in [1.54, 1.807) is 24.5 Å². The van der Waals surface area contributed by atoms with Crippen molar-refractivity contribution in [3.8, 4) is 0 Å². The Kier molecular flexibility index (Phi) is 4.33. The minimum Gasteiger partial charge on any atom is -0.449 e. The highest BCUT2D eigenvalue weighted by atomic mass is 32.1. The van der Waals surface area contributed by atoms with Gasteiger partial charge >= 0.3 is 5.97 Å². The van der Waals surface area contributed by atoms with Crippen LogP contribution in [0.25, 0.3) is 21.3 Å². The Bertz CT molecular complexity index is 1160. The molecule has 0 fully saturated rings. The molecule has 0 saturated carbocycles. The van der Waals surface area contributed by atoms with Crippen molar-refractivity contribution in [2.24, 2.45) is 0 Å². The van der Waals surface area contributed by atoms with Crippen LogP contribution in [0.5, 0.6) is 0 Å². The molecule has 0 aliphatic heterocycles. The lowest BCUT2D eigenvalue weighted by atomic mass is 10.2. The smallest absolute Gasteiger partial charge is 0.338 e. The Morgan fingerprint density at radius 1 is 1.19 bits per heavy atom. The molecule has 2 N–H and O–H groups in total. The molecule has 7 nitrogen and oxygen atoms in total. The second-order valence-corrected chi connectivity index (χ2v) is 7.19. The number of imidazole rings is 1. The predicted molar refractivity (Wildman–Crippen MR) is 104 cm³/mol. The molecule has 0 spiro atoms. The summed E-state index contributed by atoms with van der Waals surface area (Å²) in [6, 6.07) is 10.9. The summed E-state index contributed by atoms with van der Waals surface area (Å²) in [7, 11) is 0. The lowest BCUT2D eigenvalue weighted by Gasteiger charge is -2.12. The van der Waals surface area contributed by atoms with E-state index in [4.69, 9.17) is 4.74 Å². The predicted octanol–water partition coefficient (Wildman–Crippen LogP) is 3.67. The lowest BCUT2D eigenvalue weighted by Crippen LogP contribution is -2.29. The second-order valence-electron chi connectivity index (χ2n) is 6.16. The van der Waals surface area contributed by atoms with Crippen molar-refractivity contribution in [3.05, 3.63) is 53.9 Å². The second kappa shape index (κ2) is 6.81. The van der Waals surface area contributed by atoms with E-state index in [1.165, 1.54) is 18.3 Å². The Morgan fingerprint density at radius 3 is 2.85 bits per heavy atom. The number of benzene rings is 2. The average molecular weight is 380 g/mol. The normalized spacial score (nSPS) is 12.2. The van der Waals surface area contributed by atoms with Gasteiger partial charge in [0.2, 0.25) is 0 Å². The molecule has 0 saturated heterocycles. The third-order valence-corrected chi connectivity index (χ3v) is 5.02. The summed E-state index contributed by atoms with van der Waals surface area (Å²) in [5, 5.41) is 3.18. The number of amides is 1. The summed E-state index contributed by atoms with van der Waals surface area (Å²) in [4.78, 5) is 36.1. The molecule has 0 aliphatic carbocycles. The number of carbonyl (C=O) groups is 2. The van der Waals surface area contributed by atoms with Gasteiger partial charge in [-0.2, -0.15) is 0 Å². The number of carbonyl (C=O) groups excluding carboxylic acids is 2. The van der Waals surface area contributed by atoms with Gasteiger partial charge in [0.15, 0.2) is 11.2 Å². The quantitative estimate of drug-likeness (QED) is 0.527. The van der Waals surface area contributed by atoms with Gasteiger partial charge in [-0.25, -0.2) is 14.8 Å². The summed E-state index contributed by atoms with van der Waals surface area (Å²) >= 11 is 1.38. The molecule has 4 rings (SSSR count). The van der Waals surface area contributed by atoms with Gasteiger partial charge in [0.1, 0.15) is 0 Å². The van der Waals surface area contributed by atoms with Gasteiger partial charge in [-0.15, -0.1) is 0 Å². The zero-order valence-corrected chi connectivity index (χ0v) is 15.5. The van der Waals surface area contributed by atoms with E-state index in [-0.39, 0.29) is 0 Å². The third-order valence-electron chi connectivity index (χ3n) is 4.08. The largest absolute Gasteiger partial charge is 0.449 e. The van der Waals surface area contributed by atoms with Crippen molar-refractivity contribution in [2.75, 3.05) is 5.32 Å². The molecule has 0 radical (unpaired) electrons. The number of nitrogens with one attached hydrogen (secondary N) is 2. The van der Waals surface area contributed by atoms with Crippen LogP contribution >= 0.6 is 11.3 Å². The number of nitrogens with zero attached hydrogens (tertiary/aromatic N) is 2. The van der Waals surface area contributed by atoms with Gasteiger partial charge in [-0.1, -0.05) is 17.4 Å². The number of hydrogen-bond donors (Lipinski definition) is 2. The van der Waals surface area contributed by atoms with Gasteiger partial charge in [-0.3, -0.25) is 10.1 Å². The van der Waals surface area contributed by atoms with Crippen LogP contribution in [0.3, 0.4) is 0 Å². The Labute approximate surface area is 158 Å². The maximum Gasteiger partial charge on any atom is 0.338 e. The van der Waals surface area contributed by atoms with E-state index < -0.39 is 18.0 Å². The van der Waals surface area contributed by atoms with Gasteiger partial charge in [-0.05, 0) is 49.7 Å². The fraction of sp³-hybridized carbons (Fsp3) is 0.158. The molecular weight excluding hydrogens is 364 g/mol. The fourth-order valence-corrected chi connectivity index (χ4v) is 3.60. The molecule has 2 aromatic carbocycles. The number of fused-ring (bicyclic) bond motifs is 2. The van der Waals surface area contributed by atoms with Crippen LogP contribution in [0.4, 0.5) is 5.13 Å².